The number of hydrogen-bond acceptors (Lipinski definition) is 0. The lowest BCUT2D eigenvalue weighted by molar-refractivity contribution is 0.574. The molecule has 0 amide bonds. The zero-order valence-corrected chi connectivity index (χ0v) is 5.11. The maximum absolute atomic E-state index is 3.91. The van der Waals surface area contributed by atoms with Crippen molar-refractivity contribution in [2.45, 2.75) is 26.2 Å². The molecule has 0 fully saturated rings. The molecule has 0 rings (SSSR count). The Morgan fingerprint density at radius 1 is 1.57 bits per heavy atom. The highest BCUT2D eigenvalue weighted by Gasteiger charge is 1.92. The zero-order chi connectivity index (χ0) is 5.70. The summed E-state index contributed by atoms with van der Waals surface area (Å²) < 4.78 is 0. The molecule has 0 spiro atoms. The molecule has 0 bridgehead atoms. The smallest absolute Gasteiger partial charge is 0.0417 e. The highest BCUT2D eigenvalue weighted by atomic mass is 14.0. The first-order valence-corrected chi connectivity index (χ1v) is 2.93. The number of rotatable bonds is 3. The van der Waals surface area contributed by atoms with Crippen LogP contribution in [0.2, 0.25) is 0 Å². The van der Waals surface area contributed by atoms with Gasteiger partial charge in [-0.25, -0.2) is 0 Å². The van der Waals surface area contributed by atoms with E-state index in [4.69, 9.17) is 0 Å². The van der Waals surface area contributed by atoms with E-state index in [1.165, 1.54) is 12.8 Å². The van der Waals surface area contributed by atoms with Crippen LogP contribution in [0.25, 0.3) is 0 Å². The highest BCUT2D eigenvalue weighted by Crippen LogP contribution is 2.06. The van der Waals surface area contributed by atoms with E-state index in [1.807, 2.05) is 0 Å². The van der Waals surface area contributed by atoms with Crippen LogP contribution in [0.3, 0.4) is 0 Å². The van der Waals surface area contributed by atoms with Crippen molar-refractivity contribution < 1.29 is 0 Å². The third-order valence-corrected chi connectivity index (χ3v) is 1.19. The van der Waals surface area contributed by atoms with Crippen molar-refractivity contribution in [1.82, 2.24) is 0 Å². The summed E-state index contributed by atoms with van der Waals surface area (Å²) in [4.78, 5) is 0. The third-order valence-electron chi connectivity index (χ3n) is 1.19. The molecule has 0 heterocycles. The Bertz CT molecular complexity index is 31.0. The molecule has 0 aromatic heterocycles. The molecular weight excluding hydrogens is 84.1 g/mol. The fourth-order valence-corrected chi connectivity index (χ4v) is 0.493. The second kappa shape index (κ2) is 4.17. The molecule has 0 aliphatic heterocycles. The van der Waals surface area contributed by atoms with Crippen LogP contribution in [-0.2, 0) is 0 Å². The van der Waals surface area contributed by atoms with Gasteiger partial charge in [0.15, 0.2) is 0 Å². The van der Waals surface area contributed by atoms with Gasteiger partial charge in [-0.1, -0.05) is 40.0 Å². The van der Waals surface area contributed by atoms with Gasteiger partial charge in [0.05, 0.1) is 0 Å². The molecule has 7 heavy (non-hydrogen) atoms. The van der Waals surface area contributed by atoms with Crippen LogP contribution in [0.5, 0.6) is 0 Å². The Morgan fingerprint density at radius 3 is 2.29 bits per heavy atom. The predicted molar refractivity (Wildman–Crippen MR) is 33.7 cm³/mol. The van der Waals surface area contributed by atoms with Crippen molar-refractivity contribution in [1.29, 1.82) is 0 Å². The Morgan fingerprint density at radius 2 is 2.14 bits per heavy atom. The minimum Gasteiger partial charge on any atom is -0.0651 e. The Kier molecular flexibility index (Phi) is 4.17. The average molecular weight is 98.2 g/mol. The van der Waals surface area contributed by atoms with Crippen molar-refractivity contribution >= 4 is 0 Å². The van der Waals surface area contributed by atoms with E-state index in [0.29, 0.717) is 5.92 Å². The standard InChI is InChI=1S/C7H14/c1-4-6-7(3)5-2/h7H,1,3-6H2,2H3. The molecule has 0 saturated heterocycles. The van der Waals surface area contributed by atoms with Gasteiger partial charge in [0.25, 0.3) is 0 Å². The summed E-state index contributed by atoms with van der Waals surface area (Å²) in [5.74, 6) is 0.637. The van der Waals surface area contributed by atoms with Gasteiger partial charge in [-0.3, -0.25) is 0 Å². The molecule has 1 unspecified atom stereocenters. The minimum absolute atomic E-state index is 0.637. The molecule has 0 N–H and O–H groups in total. The van der Waals surface area contributed by atoms with E-state index in [2.05, 4.69) is 20.8 Å². The van der Waals surface area contributed by atoms with E-state index in [9.17, 15) is 0 Å². The van der Waals surface area contributed by atoms with Gasteiger partial charge < -0.3 is 0 Å². The molecule has 42 valence electrons. The van der Waals surface area contributed by atoms with Crippen LogP contribution in [0.4, 0.5) is 0 Å². The SMILES string of the molecule is [CH2]CCC([CH2])CC. The van der Waals surface area contributed by atoms with E-state index < -0.39 is 0 Å². The summed E-state index contributed by atoms with van der Waals surface area (Å²) in [7, 11) is 0. The van der Waals surface area contributed by atoms with Crippen LogP contribution in [0.15, 0.2) is 0 Å². The van der Waals surface area contributed by atoms with Crippen molar-refractivity contribution in [2.75, 3.05) is 0 Å². The van der Waals surface area contributed by atoms with Gasteiger partial charge in [-0.05, 0) is 5.92 Å². The topological polar surface area (TPSA) is 0 Å². The molecule has 0 saturated carbocycles. The molecule has 0 nitrogen and oxygen atoms in total. The van der Waals surface area contributed by atoms with Gasteiger partial charge >= 0.3 is 0 Å². The van der Waals surface area contributed by atoms with E-state index in [1.54, 1.807) is 0 Å². The third kappa shape index (κ3) is 3.84. The number of hydrogen-bond donors (Lipinski definition) is 0. The summed E-state index contributed by atoms with van der Waals surface area (Å²) in [5.41, 5.74) is 0. The molecule has 0 aromatic rings. The van der Waals surface area contributed by atoms with Crippen molar-refractivity contribution in [3.8, 4) is 0 Å². The Balaban J connectivity index is 2.83. The van der Waals surface area contributed by atoms with Gasteiger partial charge in [-0.15, -0.1) is 0 Å². The summed E-state index contributed by atoms with van der Waals surface area (Å²) in [6.07, 6.45) is 3.40. The maximum atomic E-state index is 3.91. The van der Waals surface area contributed by atoms with Crippen molar-refractivity contribution in [3.63, 3.8) is 0 Å². The lowest BCUT2D eigenvalue weighted by Gasteiger charge is -2.02. The van der Waals surface area contributed by atoms with E-state index in [0.717, 1.165) is 6.42 Å². The first-order chi connectivity index (χ1) is 3.31. The molecule has 0 aliphatic carbocycles. The summed E-state index contributed by atoms with van der Waals surface area (Å²) in [6.45, 7) is 9.80. The fourth-order valence-electron chi connectivity index (χ4n) is 0.493. The first kappa shape index (κ1) is 7.00. The normalized spacial score (nSPS) is 14.1. The summed E-state index contributed by atoms with van der Waals surface area (Å²) in [6, 6.07) is 0. The van der Waals surface area contributed by atoms with E-state index >= 15 is 0 Å². The monoisotopic (exact) mass is 98.1 g/mol. The molecule has 0 aliphatic rings. The lowest BCUT2D eigenvalue weighted by Crippen LogP contribution is -1.89. The van der Waals surface area contributed by atoms with Crippen LogP contribution in [0.1, 0.15) is 26.2 Å². The Hall–Kier alpha value is 0. The predicted octanol–water partition coefficient (Wildman–Crippen LogP) is 2.46. The Labute approximate surface area is 46.9 Å². The van der Waals surface area contributed by atoms with Gasteiger partial charge in [0.2, 0.25) is 0 Å². The molecule has 1 atom stereocenters. The van der Waals surface area contributed by atoms with Crippen LogP contribution in [0, 0.1) is 19.8 Å². The molecule has 0 aromatic carbocycles. The highest BCUT2D eigenvalue weighted by molar-refractivity contribution is 4.58. The van der Waals surface area contributed by atoms with E-state index in [-0.39, 0.29) is 0 Å². The second-order valence-corrected chi connectivity index (χ2v) is 1.92. The summed E-state index contributed by atoms with van der Waals surface area (Å²) in [5, 5.41) is 0. The van der Waals surface area contributed by atoms with Gasteiger partial charge in [0.1, 0.15) is 0 Å². The lowest BCUT2D eigenvalue weighted by atomic mass is 10.0. The van der Waals surface area contributed by atoms with Crippen LogP contribution in [-0.4, -0.2) is 0 Å². The quantitative estimate of drug-likeness (QED) is 0.508. The largest absolute Gasteiger partial charge is 0.0651 e. The second-order valence-electron chi connectivity index (χ2n) is 1.92. The summed E-state index contributed by atoms with van der Waals surface area (Å²) >= 11 is 0. The van der Waals surface area contributed by atoms with Gasteiger partial charge in [-0.2, -0.15) is 0 Å². The average Bonchev–Trinajstić information content (AvgIpc) is 1.68. The van der Waals surface area contributed by atoms with Crippen LogP contribution >= 0.6 is 0 Å². The molecular formula is C7H14. The molecule has 0 heteroatoms. The fraction of sp³-hybridized carbons (Fsp3) is 0.714. The van der Waals surface area contributed by atoms with Crippen LogP contribution < -0.4 is 0 Å². The zero-order valence-electron chi connectivity index (χ0n) is 5.11. The maximum Gasteiger partial charge on any atom is -0.0417 e. The minimum atomic E-state index is 0.637. The molecule has 2 radical (unpaired) electrons. The van der Waals surface area contributed by atoms with Crippen molar-refractivity contribution in [3.05, 3.63) is 13.8 Å². The van der Waals surface area contributed by atoms with Gasteiger partial charge in [0, 0.05) is 0 Å². The van der Waals surface area contributed by atoms with Crippen molar-refractivity contribution in [2.24, 2.45) is 5.92 Å². The first-order valence-electron chi connectivity index (χ1n) is 2.93.